The lowest BCUT2D eigenvalue weighted by atomic mass is 10.1. The SMILES string of the molecule is Cc1ccc(-c2c(C#N)cnc3cc(-c4ccccc4)nn23)cc1. The second-order valence-corrected chi connectivity index (χ2v) is 5.66. The van der Waals surface area contributed by atoms with Crippen LogP contribution in [0.5, 0.6) is 0 Å². The maximum atomic E-state index is 9.49. The lowest BCUT2D eigenvalue weighted by Crippen LogP contribution is -2.00. The van der Waals surface area contributed by atoms with Crippen LogP contribution in [0.15, 0.2) is 66.9 Å². The quantitative estimate of drug-likeness (QED) is 0.556. The maximum absolute atomic E-state index is 9.49. The van der Waals surface area contributed by atoms with Crippen LogP contribution in [0.2, 0.25) is 0 Å². The molecule has 4 aromatic rings. The van der Waals surface area contributed by atoms with Gasteiger partial charge in [-0.1, -0.05) is 60.2 Å². The van der Waals surface area contributed by atoms with Crippen LogP contribution in [0.1, 0.15) is 11.1 Å². The van der Waals surface area contributed by atoms with E-state index in [1.54, 1.807) is 10.7 Å². The zero-order valence-corrected chi connectivity index (χ0v) is 13.1. The van der Waals surface area contributed by atoms with Gasteiger partial charge in [0.2, 0.25) is 0 Å². The summed E-state index contributed by atoms with van der Waals surface area (Å²) in [5, 5.41) is 14.2. The summed E-state index contributed by atoms with van der Waals surface area (Å²) in [6.07, 6.45) is 1.61. The molecule has 0 aliphatic heterocycles. The first kappa shape index (κ1) is 14.2. The van der Waals surface area contributed by atoms with Gasteiger partial charge in [0.1, 0.15) is 6.07 Å². The van der Waals surface area contributed by atoms with E-state index in [-0.39, 0.29) is 0 Å². The van der Waals surface area contributed by atoms with Gasteiger partial charge in [-0.25, -0.2) is 9.50 Å². The summed E-state index contributed by atoms with van der Waals surface area (Å²) in [5.41, 5.74) is 5.99. The third-order valence-corrected chi connectivity index (χ3v) is 4.00. The minimum absolute atomic E-state index is 0.508. The van der Waals surface area contributed by atoms with Gasteiger partial charge in [-0.15, -0.1) is 0 Å². The average Bonchev–Trinajstić information content (AvgIpc) is 3.06. The Morgan fingerprint density at radius 2 is 1.71 bits per heavy atom. The Balaban J connectivity index is 1.99. The number of nitriles is 1. The van der Waals surface area contributed by atoms with Crippen molar-refractivity contribution in [3.05, 3.63) is 78.0 Å². The Morgan fingerprint density at radius 3 is 2.42 bits per heavy atom. The van der Waals surface area contributed by atoms with E-state index < -0.39 is 0 Å². The van der Waals surface area contributed by atoms with E-state index in [2.05, 4.69) is 11.1 Å². The van der Waals surface area contributed by atoms with E-state index in [1.807, 2.05) is 67.6 Å². The zero-order valence-electron chi connectivity index (χ0n) is 13.1. The topological polar surface area (TPSA) is 54.0 Å². The molecule has 0 spiro atoms. The predicted molar refractivity (Wildman–Crippen MR) is 93.3 cm³/mol. The number of hydrogen-bond acceptors (Lipinski definition) is 3. The Kier molecular flexibility index (Phi) is 3.33. The molecule has 114 valence electrons. The Bertz CT molecular complexity index is 1050. The summed E-state index contributed by atoms with van der Waals surface area (Å²) in [5.74, 6) is 0. The number of aromatic nitrogens is 3. The molecule has 4 nitrogen and oxygen atoms in total. The van der Waals surface area contributed by atoms with Gasteiger partial charge in [0.05, 0.1) is 17.0 Å². The first-order chi connectivity index (χ1) is 11.8. The number of rotatable bonds is 2. The molecule has 2 aromatic heterocycles. The molecule has 0 bridgehead atoms. The highest BCUT2D eigenvalue weighted by Crippen LogP contribution is 2.26. The molecule has 0 amide bonds. The molecule has 2 heterocycles. The number of aryl methyl sites for hydroxylation is 1. The van der Waals surface area contributed by atoms with Gasteiger partial charge in [0.15, 0.2) is 5.65 Å². The van der Waals surface area contributed by atoms with Gasteiger partial charge in [-0.2, -0.15) is 10.4 Å². The van der Waals surface area contributed by atoms with Crippen LogP contribution in [0.25, 0.3) is 28.2 Å². The monoisotopic (exact) mass is 310 g/mol. The number of hydrogen-bond donors (Lipinski definition) is 0. The normalized spacial score (nSPS) is 10.7. The molecular weight excluding hydrogens is 296 g/mol. The molecule has 2 aromatic carbocycles. The maximum Gasteiger partial charge on any atom is 0.156 e. The van der Waals surface area contributed by atoms with Crippen molar-refractivity contribution in [3.63, 3.8) is 0 Å². The highest BCUT2D eigenvalue weighted by molar-refractivity contribution is 5.72. The third kappa shape index (κ3) is 2.33. The lowest BCUT2D eigenvalue weighted by Gasteiger charge is -2.07. The van der Waals surface area contributed by atoms with E-state index in [1.165, 1.54) is 5.56 Å². The van der Waals surface area contributed by atoms with Gasteiger partial charge in [-0.05, 0) is 6.92 Å². The van der Waals surface area contributed by atoms with Crippen LogP contribution < -0.4 is 0 Å². The van der Waals surface area contributed by atoms with Gasteiger partial charge < -0.3 is 0 Å². The van der Waals surface area contributed by atoms with Crippen LogP contribution in [0.3, 0.4) is 0 Å². The molecule has 0 saturated heterocycles. The molecule has 0 saturated carbocycles. The molecule has 0 N–H and O–H groups in total. The van der Waals surface area contributed by atoms with Crippen molar-refractivity contribution in [2.24, 2.45) is 0 Å². The smallest absolute Gasteiger partial charge is 0.156 e. The molecule has 24 heavy (non-hydrogen) atoms. The second kappa shape index (κ2) is 5.64. The van der Waals surface area contributed by atoms with Crippen molar-refractivity contribution < 1.29 is 0 Å². The molecule has 0 fully saturated rings. The molecular formula is C20H14N4. The van der Waals surface area contributed by atoms with Crippen LogP contribution in [0.4, 0.5) is 0 Å². The van der Waals surface area contributed by atoms with Crippen LogP contribution in [-0.4, -0.2) is 14.6 Å². The van der Waals surface area contributed by atoms with Crippen LogP contribution in [0, 0.1) is 18.3 Å². The Morgan fingerprint density at radius 1 is 0.958 bits per heavy atom. The van der Waals surface area contributed by atoms with Crippen molar-refractivity contribution >= 4 is 5.65 Å². The predicted octanol–water partition coefficient (Wildman–Crippen LogP) is 4.24. The Labute approximate surface area is 139 Å². The van der Waals surface area contributed by atoms with Crippen molar-refractivity contribution in [1.29, 1.82) is 5.26 Å². The molecule has 0 atom stereocenters. The minimum atomic E-state index is 0.508. The fraction of sp³-hybridized carbons (Fsp3) is 0.0500. The summed E-state index contributed by atoms with van der Waals surface area (Å²) in [4.78, 5) is 4.38. The van der Waals surface area contributed by atoms with Gasteiger partial charge >= 0.3 is 0 Å². The largest absolute Gasteiger partial charge is 0.236 e. The van der Waals surface area contributed by atoms with Crippen LogP contribution in [-0.2, 0) is 0 Å². The summed E-state index contributed by atoms with van der Waals surface area (Å²) < 4.78 is 1.76. The van der Waals surface area contributed by atoms with E-state index in [4.69, 9.17) is 5.10 Å². The third-order valence-electron chi connectivity index (χ3n) is 4.00. The van der Waals surface area contributed by atoms with Gasteiger partial charge in [0, 0.05) is 23.4 Å². The van der Waals surface area contributed by atoms with Gasteiger partial charge in [0.25, 0.3) is 0 Å². The standard InChI is InChI=1S/C20H14N4/c1-14-7-9-16(10-8-14)20-17(12-21)13-22-19-11-18(23-24(19)20)15-5-3-2-4-6-15/h2-11,13H,1H3. The van der Waals surface area contributed by atoms with Crippen molar-refractivity contribution in [1.82, 2.24) is 14.6 Å². The fourth-order valence-corrected chi connectivity index (χ4v) is 2.75. The van der Waals surface area contributed by atoms with Crippen LogP contribution >= 0.6 is 0 Å². The van der Waals surface area contributed by atoms with E-state index in [0.717, 1.165) is 28.2 Å². The average molecular weight is 310 g/mol. The van der Waals surface area contributed by atoms with Crippen molar-refractivity contribution in [3.8, 4) is 28.6 Å². The second-order valence-electron chi connectivity index (χ2n) is 5.66. The molecule has 4 heteroatoms. The summed E-state index contributed by atoms with van der Waals surface area (Å²) >= 11 is 0. The molecule has 4 rings (SSSR count). The number of nitrogens with zero attached hydrogens (tertiary/aromatic N) is 4. The van der Waals surface area contributed by atoms with Crippen molar-refractivity contribution in [2.45, 2.75) is 6.92 Å². The van der Waals surface area contributed by atoms with E-state index in [9.17, 15) is 5.26 Å². The first-order valence-electron chi connectivity index (χ1n) is 7.67. The number of fused-ring (bicyclic) bond motifs is 1. The first-order valence-corrected chi connectivity index (χ1v) is 7.67. The molecule has 0 unspecified atom stereocenters. The Hall–Kier alpha value is -3.45. The number of benzene rings is 2. The molecule has 0 radical (unpaired) electrons. The van der Waals surface area contributed by atoms with E-state index >= 15 is 0 Å². The summed E-state index contributed by atoms with van der Waals surface area (Å²) in [7, 11) is 0. The highest BCUT2D eigenvalue weighted by atomic mass is 15.3. The molecule has 0 aliphatic carbocycles. The summed E-state index contributed by atoms with van der Waals surface area (Å²) in [6.45, 7) is 2.04. The van der Waals surface area contributed by atoms with E-state index in [0.29, 0.717) is 5.56 Å². The highest BCUT2D eigenvalue weighted by Gasteiger charge is 2.14. The zero-order chi connectivity index (χ0) is 16.5. The fourth-order valence-electron chi connectivity index (χ4n) is 2.75. The minimum Gasteiger partial charge on any atom is -0.236 e. The van der Waals surface area contributed by atoms with Gasteiger partial charge in [-0.3, -0.25) is 0 Å². The summed E-state index contributed by atoms with van der Waals surface area (Å²) in [6, 6.07) is 22.2. The lowest BCUT2D eigenvalue weighted by molar-refractivity contribution is 0.947. The molecule has 0 aliphatic rings. The van der Waals surface area contributed by atoms with Crippen molar-refractivity contribution in [2.75, 3.05) is 0 Å².